The van der Waals surface area contributed by atoms with Crippen molar-refractivity contribution in [2.45, 2.75) is 19.8 Å². The summed E-state index contributed by atoms with van der Waals surface area (Å²) in [4.78, 5) is 17.8. The number of rotatable bonds is 3. The van der Waals surface area contributed by atoms with Gasteiger partial charge in [0.25, 0.3) is 5.56 Å². The molecule has 4 rings (SSSR count). The molecule has 1 saturated carbocycles. The van der Waals surface area contributed by atoms with Crippen LogP contribution in [0.1, 0.15) is 31.2 Å². The summed E-state index contributed by atoms with van der Waals surface area (Å²) in [7, 11) is 0. The van der Waals surface area contributed by atoms with Gasteiger partial charge in [0.2, 0.25) is 4.96 Å². The van der Waals surface area contributed by atoms with E-state index in [-0.39, 0.29) is 27.3 Å². The van der Waals surface area contributed by atoms with Crippen molar-refractivity contribution in [3.63, 3.8) is 0 Å². The minimum Gasteiger partial charge on any atom is -0.266 e. The Morgan fingerprint density at radius 2 is 1.93 bits per heavy atom. The van der Waals surface area contributed by atoms with Gasteiger partial charge in [0.15, 0.2) is 5.82 Å². The molecule has 3 aromatic rings. The molecule has 2 heterocycles. The molecular formula is C18H13Cl4N3OS. The first-order valence-corrected chi connectivity index (χ1v) is 10.4. The van der Waals surface area contributed by atoms with Gasteiger partial charge in [-0.05, 0) is 35.6 Å². The second-order valence-electron chi connectivity index (χ2n) is 7.00. The van der Waals surface area contributed by atoms with Crippen LogP contribution in [0.4, 0.5) is 0 Å². The van der Waals surface area contributed by atoms with Crippen molar-refractivity contribution in [2.24, 2.45) is 11.3 Å². The summed E-state index contributed by atoms with van der Waals surface area (Å²) >= 11 is 25.2. The zero-order chi connectivity index (χ0) is 19.5. The molecule has 0 bridgehead atoms. The molecule has 1 aromatic carbocycles. The van der Waals surface area contributed by atoms with E-state index in [1.807, 2.05) is 0 Å². The molecule has 0 spiro atoms. The third-order valence-corrected chi connectivity index (χ3v) is 6.84. The normalized spacial score (nSPS) is 21.6. The van der Waals surface area contributed by atoms with Crippen LogP contribution in [0.3, 0.4) is 0 Å². The van der Waals surface area contributed by atoms with E-state index in [2.05, 4.69) is 23.9 Å². The van der Waals surface area contributed by atoms with Crippen molar-refractivity contribution in [1.29, 1.82) is 0 Å². The van der Waals surface area contributed by atoms with Crippen LogP contribution in [-0.2, 0) is 0 Å². The van der Waals surface area contributed by atoms with E-state index in [1.165, 1.54) is 15.9 Å². The van der Waals surface area contributed by atoms with E-state index < -0.39 is 0 Å². The molecule has 1 fully saturated rings. The van der Waals surface area contributed by atoms with E-state index >= 15 is 0 Å². The Morgan fingerprint density at radius 1 is 1.26 bits per heavy atom. The number of thiazole rings is 1. The quantitative estimate of drug-likeness (QED) is 0.548. The summed E-state index contributed by atoms with van der Waals surface area (Å²) < 4.78 is 2.03. The smallest absolute Gasteiger partial charge is 0.266 e. The predicted octanol–water partition coefficient (Wildman–Crippen LogP) is 5.06. The highest BCUT2D eigenvalue weighted by molar-refractivity contribution is 7.15. The van der Waals surface area contributed by atoms with Crippen molar-refractivity contribution in [1.82, 2.24) is 14.6 Å². The average molecular weight is 461 g/mol. The third-order valence-electron chi connectivity index (χ3n) is 4.97. The summed E-state index contributed by atoms with van der Waals surface area (Å²) in [6, 6.07) is 5.21. The standard InChI is InChI=1S/C18H13Cl4N3OS/c1-18(2)9(7-13(21)22)14(18)15-23-17-25(24-15)16(26)12(27-17)6-8-10(19)4-3-5-11(8)20/h3-7,9,14H,1-2H3/b12-6-/t9-,14-/m0/s1. The lowest BCUT2D eigenvalue weighted by Gasteiger charge is -1.99. The second-order valence-corrected chi connectivity index (χ2v) is 9.83. The maximum Gasteiger partial charge on any atom is 0.291 e. The Bertz CT molecular complexity index is 1170. The molecule has 2 atom stereocenters. The number of aromatic nitrogens is 3. The van der Waals surface area contributed by atoms with Crippen LogP contribution in [0.5, 0.6) is 0 Å². The molecule has 0 aliphatic heterocycles. The highest BCUT2D eigenvalue weighted by Gasteiger charge is 2.59. The molecule has 0 amide bonds. The van der Waals surface area contributed by atoms with Crippen LogP contribution in [0.2, 0.25) is 10.0 Å². The first-order chi connectivity index (χ1) is 12.7. The summed E-state index contributed by atoms with van der Waals surface area (Å²) in [5.74, 6) is 0.839. The fourth-order valence-corrected chi connectivity index (χ4v) is 5.05. The number of benzene rings is 1. The fourth-order valence-electron chi connectivity index (χ4n) is 3.38. The van der Waals surface area contributed by atoms with Crippen molar-refractivity contribution in [3.8, 4) is 0 Å². The Hall–Kier alpha value is -1.11. The highest BCUT2D eigenvalue weighted by atomic mass is 35.5. The summed E-state index contributed by atoms with van der Waals surface area (Å²) in [6.45, 7) is 4.20. The maximum atomic E-state index is 12.7. The van der Waals surface area contributed by atoms with Gasteiger partial charge in [0.05, 0.1) is 4.53 Å². The first-order valence-electron chi connectivity index (χ1n) is 8.08. The van der Waals surface area contributed by atoms with Crippen LogP contribution in [-0.4, -0.2) is 14.6 Å². The molecule has 27 heavy (non-hydrogen) atoms. The van der Waals surface area contributed by atoms with Gasteiger partial charge in [-0.1, -0.05) is 77.7 Å². The number of nitrogens with zero attached hydrogens (tertiary/aromatic N) is 3. The highest BCUT2D eigenvalue weighted by Crippen LogP contribution is 2.64. The second kappa shape index (κ2) is 6.75. The Morgan fingerprint density at radius 3 is 2.52 bits per heavy atom. The third kappa shape index (κ3) is 3.30. The topological polar surface area (TPSA) is 47.3 Å². The molecule has 0 unspecified atom stereocenters. The molecular weight excluding hydrogens is 448 g/mol. The Kier molecular flexibility index (Phi) is 4.80. The molecule has 140 valence electrons. The van der Waals surface area contributed by atoms with Gasteiger partial charge >= 0.3 is 0 Å². The minimum atomic E-state index is -0.245. The lowest BCUT2D eigenvalue weighted by molar-refractivity contribution is 0.585. The van der Waals surface area contributed by atoms with Gasteiger partial charge in [-0.25, -0.2) is 4.98 Å². The van der Waals surface area contributed by atoms with Gasteiger partial charge in [-0.3, -0.25) is 4.79 Å². The maximum absolute atomic E-state index is 12.7. The number of fused-ring (bicyclic) bond motifs is 1. The monoisotopic (exact) mass is 459 g/mol. The number of allylic oxidation sites excluding steroid dienone is 1. The predicted molar refractivity (Wildman–Crippen MR) is 112 cm³/mol. The van der Waals surface area contributed by atoms with Gasteiger partial charge in [0.1, 0.15) is 4.49 Å². The largest absolute Gasteiger partial charge is 0.291 e. The van der Waals surface area contributed by atoms with E-state index in [4.69, 9.17) is 46.4 Å². The van der Waals surface area contributed by atoms with Crippen molar-refractivity contribution >= 4 is 68.8 Å². The van der Waals surface area contributed by atoms with Crippen molar-refractivity contribution < 1.29 is 0 Å². The van der Waals surface area contributed by atoms with Gasteiger partial charge < -0.3 is 0 Å². The van der Waals surface area contributed by atoms with E-state index in [1.54, 1.807) is 30.4 Å². The van der Waals surface area contributed by atoms with Crippen LogP contribution in [0.15, 0.2) is 33.6 Å². The molecule has 9 heteroatoms. The van der Waals surface area contributed by atoms with Crippen molar-refractivity contribution in [2.75, 3.05) is 0 Å². The summed E-state index contributed by atoms with van der Waals surface area (Å²) in [5.41, 5.74) is 0.299. The average Bonchev–Trinajstić information content (AvgIpc) is 2.86. The molecule has 0 radical (unpaired) electrons. The first kappa shape index (κ1) is 19.2. The summed E-state index contributed by atoms with van der Waals surface area (Å²) in [5, 5.41) is 5.40. The molecule has 4 nitrogen and oxygen atoms in total. The number of hydrogen-bond acceptors (Lipinski definition) is 4. The van der Waals surface area contributed by atoms with Crippen molar-refractivity contribution in [3.05, 3.63) is 65.1 Å². The van der Waals surface area contributed by atoms with Crippen LogP contribution in [0.25, 0.3) is 11.0 Å². The van der Waals surface area contributed by atoms with Crippen LogP contribution < -0.4 is 10.1 Å². The molecule has 0 saturated heterocycles. The van der Waals surface area contributed by atoms with Gasteiger partial charge in [0, 0.05) is 21.5 Å². The van der Waals surface area contributed by atoms with Gasteiger partial charge in [-0.15, -0.1) is 5.10 Å². The van der Waals surface area contributed by atoms with Crippen LogP contribution >= 0.6 is 57.7 Å². The van der Waals surface area contributed by atoms with Crippen LogP contribution in [0, 0.1) is 11.3 Å². The zero-order valence-electron chi connectivity index (χ0n) is 14.2. The molecule has 2 aromatic heterocycles. The number of halogens is 4. The van der Waals surface area contributed by atoms with E-state index in [0.717, 1.165) is 0 Å². The fraction of sp³-hybridized carbons (Fsp3) is 0.278. The molecule has 0 N–H and O–H groups in total. The zero-order valence-corrected chi connectivity index (χ0v) is 18.1. The number of hydrogen-bond donors (Lipinski definition) is 0. The van der Waals surface area contributed by atoms with Gasteiger partial charge in [-0.2, -0.15) is 4.52 Å². The summed E-state index contributed by atoms with van der Waals surface area (Å²) in [6.07, 6.45) is 3.48. The molecule has 1 aliphatic carbocycles. The Labute approximate surface area is 179 Å². The molecule has 1 aliphatic rings. The van der Waals surface area contributed by atoms with E-state index in [9.17, 15) is 4.79 Å². The minimum absolute atomic E-state index is 0.0604. The Balaban J connectivity index is 1.77. The SMILES string of the molecule is CC1(C)[C@H](c2nc3s/c(=C\c4c(Cl)cccc4Cl)c(=O)n3n2)[C@@H]1C=C(Cl)Cl. The lowest BCUT2D eigenvalue weighted by atomic mass is 10.1. The van der Waals surface area contributed by atoms with E-state index in [0.29, 0.717) is 30.9 Å². The lowest BCUT2D eigenvalue weighted by Crippen LogP contribution is -2.24.